The molecule has 0 bridgehead atoms. The summed E-state index contributed by atoms with van der Waals surface area (Å²) in [5.74, 6) is 0. The average molecular weight is 210 g/mol. The van der Waals surface area contributed by atoms with Gasteiger partial charge in [0, 0.05) is 30.2 Å². The van der Waals surface area contributed by atoms with Gasteiger partial charge in [-0.05, 0) is 39.5 Å². The predicted octanol–water partition coefficient (Wildman–Crippen LogP) is 2.39. The molecule has 2 rings (SSSR count). The van der Waals surface area contributed by atoms with E-state index in [2.05, 4.69) is 37.9 Å². The second-order valence-corrected chi connectivity index (χ2v) is 5.98. The molecule has 2 fully saturated rings. The minimum absolute atomic E-state index is 0.345. The van der Waals surface area contributed by atoms with Crippen LogP contribution in [0.4, 0.5) is 0 Å². The van der Waals surface area contributed by atoms with Crippen LogP contribution in [0.1, 0.15) is 53.4 Å². The molecule has 1 saturated heterocycles. The van der Waals surface area contributed by atoms with Gasteiger partial charge < -0.3 is 5.32 Å². The van der Waals surface area contributed by atoms with E-state index in [1.807, 2.05) is 0 Å². The van der Waals surface area contributed by atoms with E-state index in [0.717, 1.165) is 6.04 Å². The first kappa shape index (κ1) is 11.4. The maximum Gasteiger partial charge on any atom is 0.0278 e. The highest BCUT2D eigenvalue weighted by molar-refractivity contribution is 5.07. The second kappa shape index (κ2) is 3.74. The van der Waals surface area contributed by atoms with Crippen molar-refractivity contribution in [1.82, 2.24) is 10.2 Å². The normalized spacial score (nSPS) is 40.4. The van der Waals surface area contributed by atoms with Gasteiger partial charge in [-0.3, -0.25) is 4.90 Å². The highest BCUT2D eigenvalue weighted by Gasteiger charge is 2.49. The van der Waals surface area contributed by atoms with Crippen molar-refractivity contribution in [3.8, 4) is 0 Å². The molecule has 1 heterocycles. The molecular formula is C13H26N2. The largest absolute Gasteiger partial charge is 0.309 e. The summed E-state index contributed by atoms with van der Waals surface area (Å²) in [4.78, 5) is 2.78. The van der Waals surface area contributed by atoms with Gasteiger partial charge in [-0.15, -0.1) is 0 Å². The molecule has 1 saturated carbocycles. The maximum atomic E-state index is 3.73. The first-order valence-corrected chi connectivity index (χ1v) is 6.55. The molecule has 88 valence electrons. The average Bonchev–Trinajstić information content (AvgIpc) is 2.98. The van der Waals surface area contributed by atoms with E-state index in [1.54, 1.807) is 0 Å². The van der Waals surface area contributed by atoms with E-state index in [0.29, 0.717) is 11.1 Å². The molecule has 0 radical (unpaired) electrons. The van der Waals surface area contributed by atoms with E-state index in [1.165, 1.54) is 38.8 Å². The van der Waals surface area contributed by atoms with Crippen molar-refractivity contribution in [3.63, 3.8) is 0 Å². The van der Waals surface area contributed by atoms with Crippen LogP contribution < -0.4 is 5.32 Å². The van der Waals surface area contributed by atoms with Crippen molar-refractivity contribution in [2.75, 3.05) is 13.1 Å². The summed E-state index contributed by atoms with van der Waals surface area (Å²) < 4.78 is 0. The van der Waals surface area contributed by atoms with Crippen LogP contribution in [-0.2, 0) is 0 Å². The SMILES string of the molecule is CCC1CNC(C)(CC)CN1C1(C)CC1. The third kappa shape index (κ3) is 2.07. The van der Waals surface area contributed by atoms with E-state index in [9.17, 15) is 0 Å². The van der Waals surface area contributed by atoms with Crippen LogP contribution in [0, 0.1) is 0 Å². The van der Waals surface area contributed by atoms with Gasteiger partial charge in [0.1, 0.15) is 0 Å². The first-order chi connectivity index (χ1) is 7.03. The maximum absolute atomic E-state index is 3.73. The van der Waals surface area contributed by atoms with Gasteiger partial charge in [0.25, 0.3) is 0 Å². The molecule has 2 unspecified atom stereocenters. The molecule has 15 heavy (non-hydrogen) atoms. The Morgan fingerprint density at radius 2 is 1.93 bits per heavy atom. The number of hydrogen-bond donors (Lipinski definition) is 1. The Morgan fingerprint density at radius 1 is 1.27 bits per heavy atom. The molecule has 2 atom stereocenters. The fourth-order valence-electron chi connectivity index (χ4n) is 2.74. The molecule has 1 aliphatic carbocycles. The quantitative estimate of drug-likeness (QED) is 0.769. The highest BCUT2D eigenvalue weighted by atomic mass is 15.3. The fourth-order valence-corrected chi connectivity index (χ4v) is 2.74. The summed E-state index contributed by atoms with van der Waals surface area (Å²) >= 11 is 0. The number of nitrogens with zero attached hydrogens (tertiary/aromatic N) is 1. The zero-order chi connectivity index (χ0) is 11.1. The Labute approximate surface area is 94.4 Å². The standard InChI is InChI=1S/C13H26N2/c1-5-11-9-14-12(3,6-2)10-15(11)13(4)7-8-13/h11,14H,5-10H2,1-4H3. The number of nitrogens with one attached hydrogen (secondary N) is 1. The molecule has 1 N–H and O–H groups in total. The van der Waals surface area contributed by atoms with E-state index >= 15 is 0 Å². The van der Waals surface area contributed by atoms with Crippen LogP contribution >= 0.6 is 0 Å². The van der Waals surface area contributed by atoms with E-state index < -0.39 is 0 Å². The molecular weight excluding hydrogens is 184 g/mol. The van der Waals surface area contributed by atoms with Gasteiger partial charge in [0.15, 0.2) is 0 Å². The Morgan fingerprint density at radius 3 is 2.40 bits per heavy atom. The van der Waals surface area contributed by atoms with Crippen LogP contribution in [0.25, 0.3) is 0 Å². The molecule has 0 amide bonds. The predicted molar refractivity (Wildman–Crippen MR) is 65.1 cm³/mol. The van der Waals surface area contributed by atoms with Crippen LogP contribution in [0.3, 0.4) is 0 Å². The molecule has 0 aromatic heterocycles. The second-order valence-electron chi connectivity index (χ2n) is 5.98. The fraction of sp³-hybridized carbons (Fsp3) is 1.00. The molecule has 0 spiro atoms. The summed E-state index contributed by atoms with van der Waals surface area (Å²) in [6, 6.07) is 0.761. The molecule has 2 nitrogen and oxygen atoms in total. The third-order valence-corrected chi connectivity index (χ3v) is 4.64. The Balaban J connectivity index is 2.09. The van der Waals surface area contributed by atoms with Crippen molar-refractivity contribution in [1.29, 1.82) is 0 Å². The molecule has 0 aromatic rings. The lowest BCUT2D eigenvalue weighted by Crippen LogP contribution is -2.65. The minimum Gasteiger partial charge on any atom is -0.309 e. The number of hydrogen-bond acceptors (Lipinski definition) is 2. The first-order valence-electron chi connectivity index (χ1n) is 6.55. The lowest BCUT2D eigenvalue weighted by molar-refractivity contribution is 0.0392. The smallest absolute Gasteiger partial charge is 0.0278 e. The monoisotopic (exact) mass is 210 g/mol. The third-order valence-electron chi connectivity index (χ3n) is 4.64. The molecule has 2 heteroatoms. The van der Waals surface area contributed by atoms with Crippen molar-refractivity contribution in [2.45, 2.75) is 70.5 Å². The van der Waals surface area contributed by atoms with Crippen LogP contribution in [-0.4, -0.2) is 35.1 Å². The summed E-state index contributed by atoms with van der Waals surface area (Å²) in [6.07, 6.45) is 5.32. The van der Waals surface area contributed by atoms with E-state index in [4.69, 9.17) is 0 Å². The minimum atomic E-state index is 0.345. The van der Waals surface area contributed by atoms with Crippen LogP contribution in [0.2, 0.25) is 0 Å². The summed E-state index contributed by atoms with van der Waals surface area (Å²) in [7, 11) is 0. The van der Waals surface area contributed by atoms with Gasteiger partial charge in [-0.25, -0.2) is 0 Å². The Kier molecular flexibility index (Phi) is 2.85. The van der Waals surface area contributed by atoms with Crippen molar-refractivity contribution >= 4 is 0 Å². The lowest BCUT2D eigenvalue weighted by Gasteiger charge is -2.49. The summed E-state index contributed by atoms with van der Waals surface area (Å²) in [6.45, 7) is 11.8. The van der Waals surface area contributed by atoms with Gasteiger partial charge in [-0.1, -0.05) is 13.8 Å². The zero-order valence-corrected chi connectivity index (χ0v) is 10.8. The van der Waals surface area contributed by atoms with Crippen LogP contribution in [0.15, 0.2) is 0 Å². The Hall–Kier alpha value is -0.0800. The Bertz CT molecular complexity index is 235. The molecule has 2 aliphatic rings. The molecule has 0 aromatic carbocycles. The number of piperazine rings is 1. The summed E-state index contributed by atoms with van der Waals surface area (Å²) in [5, 5.41) is 3.73. The van der Waals surface area contributed by atoms with Gasteiger partial charge in [0.2, 0.25) is 0 Å². The van der Waals surface area contributed by atoms with Gasteiger partial charge in [-0.2, -0.15) is 0 Å². The topological polar surface area (TPSA) is 15.3 Å². The van der Waals surface area contributed by atoms with Gasteiger partial charge in [0.05, 0.1) is 0 Å². The van der Waals surface area contributed by atoms with E-state index in [-0.39, 0.29) is 0 Å². The highest BCUT2D eigenvalue weighted by Crippen LogP contribution is 2.44. The van der Waals surface area contributed by atoms with Crippen molar-refractivity contribution in [3.05, 3.63) is 0 Å². The number of rotatable bonds is 3. The molecule has 1 aliphatic heterocycles. The van der Waals surface area contributed by atoms with Gasteiger partial charge >= 0.3 is 0 Å². The van der Waals surface area contributed by atoms with Crippen molar-refractivity contribution in [2.24, 2.45) is 0 Å². The van der Waals surface area contributed by atoms with Crippen LogP contribution in [0.5, 0.6) is 0 Å². The van der Waals surface area contributed by atoms with Crippen molar-refractivity contribution < 1.29 is 0 Å². The summed E-state index contributed by atoms with van der Waals surface area (Å²) in [5.41, 5.74) is 0.885. The lowest BCUT2D eigenvalue weighted by atomic mass is 9.91. The zero-order valence-electron chi connectivity index (χ0n) is 10.8.